The number of carbonyl (C=O) groups is 1. The average molecular weight is 429 g/mol. The van der Waals surface area contributed by atoms with Crippen molar-refractivity contribution in [2.75, 3.05) is 10.6 Å². The maximum absolute atomic E-state index is 12.0. The third-order valence-corrected chi connectivity index (χ3v) is 5.40. The minimum atomic E-state index is -0.659. The summed E-state index contributed by atoms with van der Waals surface area (Å²) < 4.78 is 0. The van der Waals surface area contributed by atoms with Gasteiger partial charge in [0, 0.05) is 41.9 Å². The Morgan fingerprint density at radius 1 is 1.16 bits per heavy atom. The van der Waals surface area contributed by atoms with Gasteiger partial charge in [-0.2, -0.15) is 10.2 Å². The maximum atomic E-state index is 12.0. The van der Waals surface area contributed by atoms with Gasteiger partial charge in [0.15, 0.2) is 5.82 Å². The molecule has 1 amide bonds. The van der Waals surface area contributed by atoms with Gasteiger partial charge in [-0.1, -0.05) is 12.8 Å². The fourth-order valence-corrected chi connectivity index (χ4v) is 3.71. The molecule has 0 bridgehead atoms. The number of carbonyl (C=O) groups excluding carboxylic acids is 1. The fraction of sp³-hybridized carbons (Fsp3) is 0.273. The number of hydrogen-bond donors (Lipinski definition) is 4. The predicted octanol–water partition coefficient (Wildman–Crippen LogP) is 2.33. The summed E-state index contributed by atoms with van der Waals surface area (Å²) in [5.41, 5.74) is 13.5. The zero-order valence-electron chi connectivity index (χ0n) is 17.3. The zero-order valence-corrected chi connectivity index (χ0v) is 17.3. The number of nitrogens with zero attached hydrogens (tertiary/aromatic N) is 5. The fourth-order valence-electron chi connectivity index (χ4n) is 3.71. The number of nitrogens with two attached hydrogens (primary N) is 2. The second-order valence-electron chi connectivity index (χ2n) is 7.59. The highest BCUT2D eigenvalue weighted by Crippen LogP contribution is 2.27. The Morgan fingerprint density at radius 2 is 1.94 bits per heavy atom. The molecule has 0 radical (unpaired) electrons. The number of anilines is 3. The first kappa shape index (κ1) is 21.1. The molecule has 10 heteroatoms. The monoisotopic (exact) mass is 429 g/mol. The van der Waals surface area contributed by atoms with E-state index in [0.29, 0.717) is 28.6 Å². The van der Waals surface area contributed by atoms with Gasteiger partial charge in [0.05, 0.1) is 11.6 Å². The molecule has 32 heavy (non-hydrogen) atoms. The molecule has 1 aliphatic rings. The van der Waals surface area contributed by atoms with Gasteiger partial charge in [-0.15, -0.1) is 0 Å². The largest absolute Gasteiger partial charge is 0.365 e. The highest BCUT2D eigenvalue weighted by atomic mass is 16.1. The zero-order chi connectivity index (χ0) is 22.5. The lowest BCUT2D eigenvalue weighted by atomic mass is 9.91. The highest BCUT2D eigenvalue weighted by molar-refractivity contribution is 5.98. The van der Waals surface area contributed by atoms with Crippen LogP contribution in [0, 0.1) is 11.3 Å². The number of nitriles is 1. The smallest absolute Gasteiger partial charge is 0.254 e. The first-order chi connectivity index (χ1) is 15.5. The topological polar surface area (TPSA) is 169 Å². The van der Waals surface area contributed by atoms with E-state index in [0.717, 1.165) is 25.7 Å². The Bertz CT molecular complexity index is 1160. The molecule has 162 valence electrons. The molecule has 1 fully saturated rings. The number of hydrogen-bond acceptors (Lipinski definition) is 9. The van der Waals surface area contributed by atoms with E-state index in [2.05, 4.69) is 36.6 Å². The van der Waals surface area contributed by atoms with Crippen LogP contribution in [0.4, 0.5) is 17.5 Å². The summed E-state index contributed by atoms with van der Waals surface area (Å²) in [5.74, 6) is 0.372. The van der Waals surface area contributed by atoms with Crippen molar-refractivity contribution in [1.82, 2.24) is 19.9 Å². The van der Waals surface area contributed by atoms with Crippen LogP contribution in [0.5, 0.6) is 0 Å². The number of nitrogens with one attached hydrogen (secondary N) is 2. The van der Waals surface area contributed by atoms with Crippen LogP contribution in [0.1, 0.15) is 41.6 Å². The van der Waals surface area contributed by atoms with Crippen LogP contribution in [0.25, 0.3) is 11.4 Å². The number of primary amides is 1. The van der Waals surface area contributed by atoms with Crippen LogP contribution in [-0.2, 0) is 0 Å². The quantitative estimate of drug-likeness (QED) is 0.459. The Kier molecular flexibility index (Phi) is 6.19. The van der Waals surface area contributed by atoms with E-state index in [1.165, 1.54) is 6.20 Å². The van der Waals surface area contributed by atoms with Crippen molar-refractivity contribution in [3.05, 3.63) is 54.0 Å². The van der Waals surface area contributed by atoms with E-state index < -0.39 is 5.91 Å². The lowest BCUT2D eigenvalue weighted by molar-refractivity contribution is 0.100. The van der Waals surface area contributed by atoms with Crippen LogP contribution in [0.3, 0.4) is 0 Å². The molecule has 2 aromatic heterocycles. The summed E-state index contributed by atoms with van der Waals surface area (Å²) >= 11 is 0. The number of benzene rings is 1. The molecule has 6 N–H and O–H groups in total. The van der Waals surface area contributed by atoms with E-state index in [4.69, 9.17) is 11.5 Å². The van der Waals surface area contributed by atoms with Crippen LogP contribution in [0.2, 0.25) is 0 Å². The van der Waals surface area contributed by atoms with Gasteiger partial charge in [-0.25, -0.2) is 15.0 Å². The lowest BCUT2D eigenvalue weighted by Crippen LogP contribution is -2.43. The normalized spacial score (nSPS) is 17.9. The molecular formula is C22H23N9O. The molecule has 1 saturated carbocycles. The highest BCUT2D eigenvalue weighted by Gasteiger charge is 2.23. The van der Waals surface area contributed by atoms with Gasteiger partial charge in [0.25, 0.3) is 5.91 Å². The molecule has 1 aromatic carbocycles. The molecule has 3 aromatic rings. The van der Waals surface area contributed by atoms with Gasteiger partial charge in [0.1, 0.15) is 11.4 Å². The maximum Gasteiger partial charge on any atom is 0.254 e. The number of amides is 1. The molecule has 2 atom stereocenters. The summed E-state index contributed by atoms with van der Waals surface area (Å²) in [6, 6.07) is 9.02. The molecule has 0 aliphatic heterocycles. The van der Waals surface area contributed by atoms with Crippen molar-refractivity contribution in [2.24, 2.45) is 11.5 Å². The van der Waals surface area contributed by atoms with E-state index in [9.17, 15) is 10.1 Å². The van der Waals surface area contributed by atoms with Gasteiger partial charge >= 0.3 is 0 Å². The Hall–Kier alpha value is -4.10. The molecule has 1 aliphatic carbocycles. The average Bonchev–Trinajstić information content (AvgIpc) is 2.81. The molecule has 2 heterocycles. The van der Waals surface area contributed by atoms with Crippen LogP contribution < -0.4 is 22.1 Å². The van der Waals surface area contributed by atoms with Crippen LogP contribution in [-0.4, -0.2) is 37.9 Å². The second-order valence-corrected chi connectivity index (χ2v) is 7.59. The lowest BCUT2D eigenvalue weighted by Gasteiger charge is -2.29. The summed E-state index contributed by atoms with van der Waals surface area (Å²) in [4.78, 5) is 29.1. The molecule has 0 unspecified atom stereocenters. The van der Waals surface area contributed by atoms with Crippen molar-refractivity contribution < 1.29 is 4.79 Å². The van der Waals surface area contributed by atoms with Crippen molar-refractivity contribution in [3.63, 3.8) is 0 Å². The van der Waals surface area contributed by atoms with Gasteiger partial charge in [0.2, 0.25) is 5.95 Å². The summed E-state index contributed by atoms with van der Waals surface area (Å²) in [5, 5.41) is 15.9. The van der Waals surface area contributed by atoms with E-state index in [-0.39, 0.29) is 23.5 Å². The Morgan fingerprint density at radius 3 is 2.66 bits per heavy atom. The first-order valence-electron chi connectivity index (χ1n) is 10.3. The van der Waals surface area contributed by atoms with E-state index in [1.807, 2.05) is 0 Å². The molecular weight excluding hydrogens is 406 g/mol. The third-order valence-electron chi connectivity index (χ3n) is 5.40. The van der Waals surface area contributed by atoms with Gasteiger partial charge in [-0.05, 0) is 37.1 Å². The summed E-state index contributed by atoms with van der Waals surface area (Å²) in [6.07, 6.45) is 8.67. The third kappa shape index (κ3) is 4.63. The van der Waals surface area contributed by atoms with Gasteiger partial charge in [-0.3, -0.25) is 4.79 Å². The van der Waals surface area contributed by atoms with Crippen LogP contribution in [0.15, 0.2) is 42.9 Å². The van der Waals surface area contributed by atoms with Crippen molar-refractivity contribution in [3.8, 4) is 17.5 Å². The molecule has 4 rings (SSSR count). The summed E-state index contributed by atoms with van der Waals surface area (Å²) in [7, 11) is 0. The number of aromatic nitrogens is 4. The number of rotatable bonds is 6. The van der Waals surface area contributed by atoms with E-state index >= 15 is 0 Å². The molecule has 10 nitrogen and oxygen atoms in total. The van der Waals surface area contributed by atoms with Crippen molar-refractivity contribution in [1.29, 1.82) is 5.26 Å². The SMILES string of the molecule is N#Cc1ccc(Nc2nc(N[C@@H]3CCCC[C@@H]3N)ncc2C(N)=O)cc1-c1ncccn1. The second kappa shape index (κ2) is 9.36. The van der Waals surface area contributed by atoms with Gasteiger partial charge < -0.3 is 22.1 Å². The first-order valence-corrected chi connectivity index (χ1v) is 10.3. The minimum absolute atomic E-state index is 0.0199. The molecule has 0 saturated heterocycles. The minimum Gasteiger partial charge on any atom is -0.365 e. The van der Waals surface area contributed by atoms with Crippen molar-refractivity contribution in [2.45, 2.75) is 37.8 Å². The standard InChI is InChI=1S/C22H23N9O/c23-11-13-6-7-14(10-15(13)20-26-8-3-9-27-20)29-21-16(19(25)32)12-28-22(31-21)30-18-5-2-1-4-17(18)24/h3,6-10,12,17-18H,1-2,4-5,24H2,(H2,25,32)(H2,28,29,30,31)/t17-,18+/m0/s1. The van der Waals surface area contributed by atoms with Crippen molar-refractivity contribution >= 4 is 23.4 Å². The predicted molar refractivity (Wildman–Crippen MR) is 120 cm³/mol. The Balaban J connectivity index is 1.65. The Labute approximate surface area is 185 Å². The van der Waals surface area contributed by atoms with Crippen LogP contribution >= 0.6 is 0 Å². The molecule has 0 spiro atoms. The van der Waals surface area contributed by atoms with E-state index in [1.54, 1.807) is 36.7 Å². The summed E-state index contributed by atoms with van der Waals surface area (Å²) in [6.45, 7) is 0.